The van der Waals surface area contributed by atoms with Gasteiger partial charge in [-0.2, -0.15) is 0 Å². The number of piperidine rings is 1. The van der Waals surface area contributed by atoms with Gasteiger partial charge in [-0.25, -0.2) is 0 Å². The van der Waals surface area contributed by atoms with Gasteiger partial charge < -0.3 is 20.8 Å². The van der Waals surface area contributed by atoms with Crippen molar-refractivity contribution in [2.75, 3.05) is 13.1 Å². The first-order valence-corrected chi connectivity index (χ1v) is 8.65. The summed E-state index contributed by atoms with van der Waals surface area (Å²) in [6, 6.07) is 14.2. The normalized spacial score (nSPS) is 24.3. The number of carbonyl (C=O) groups is 1. The van der Waals surface area contributed by atoms with Crippen LogP contribution in [-0.4, -0.2) is 40.2 Å². The van der Waals surface area contributed by atoms with Crippen LogP contribution in [0.4, 0.5) is 0 Å². The number of amides is 1. The van der Waals surface area contributed by atoms with Gasteiger partial charge in [0.15, 0.2) is 0 Å². The van der Waals surface area contributed by atoms with Gasteiger partial charge in [0, 0.05) is 18.5 Å². The van der Waals surface area contributed by atoms with Crippen LogP contribution < -0.4 is 5.73 Å². The summed E-state index contributed by atoms with van der Waals surface area (Å²) in [5.41, 5.74) is 8.30. The number of nitrogens with two attached hydrogens (primary N) is 1. The minimum absolute atomic E-state index is 0.000977. The van der Waals surface area contributed by atoms with Crippen molar-refractivity contribution in [2.45, 2.75) is 30.4 Å². The molecule has 4 N–H and O–H groups in total. The van der Waals surface area contributed by atoms with Crippen molar-refractivity contribution in [1.82, 2.24) is 4.90 Å². The zero-order valence-corrected chi connectivity index (χ0v) is 13.9. The summed E-state index contributed by atoms with van der Waals surface area (Å²) < 4.78 is 0. The van der Waals surface area contributed by atoms with E-state index >= 15 is 0 Å². The van der Waals surface area contributed by atoms with Crippen molar-refractivity contribution < 1.29 is 15.0 Å². The summed E-state index contributed by atoms with van der Waals surface area (Å²) in [7, 11) is 0. The van der Waals surface area contributed by atoms with Gasteiger partial charge >= 0.3 is 0 Å². The Morgan fingerprint density at radius 2 is 1.72 bits per heavy atom. The maximum atomic E-state index is 12.7. The van der Waals surface area contributed by atoms with E-state index in [-0.39, 0.29) is 23.1 Å². The van der Waals surface area contributed by atoms with Gasteiger partial charge in [-0.1, -0.05) is 36.4 Å². The number of benzene rings is 2. The van der Waals surface area contributed by atoms with Crippen molar-refractivity contribution >= 4 is 5.91 Å². The molecule has 1 spiro atoms. The molecule has 2 aromatic carbocycles. The van der Waals surface area contributed by atoms with E-state index in [1.54, 1.807) is 23.1 Å². The van der Waals surface area contributed by atoms with Crippen molar-refractivity contribution in [3.05, 3.63) is 65.2 Å². The number of aliphatic hydroxyl groups is 1. The van der Waals surface area contributed by atoms with Crippen LogP contribution in [0.15, 0.2) is 48.5 Å². The SMILES string of the molecule is N[C@@H]1c2ccccc2C2(CCN(C(=O)c3ccccc3O)CC2)[C@H]1O. The second kappa shape index (κ2) is 5.86. The highest BCUT2D eigenvalue weighted by Gasteiger charge is 2.51. The number of phenols is 1. The molecule has 5 heteroatoms. The van der Waals surface area contributed by atoms with E-state index in [0.29, 0.717) is 31.5 Å². The predicted octanol–water partition coefficient (Wildman–Crippen LogP) is 1.94. The first-order valence-electron chi connectivity index (χ1n) is 8.65. The van der Waals surface area contributed by atoms with Gasteiger partial charge in [0.05, 0.1) is 17.7 Å². The summed E-state index contributed by atoms with van der Waals surface area (Å²) >= 11 is 0. The first kappa shape index (κ1) is 16.1. The molecule has 1 amide bonds. The molecule has 0 bridgehead atoms. The van der Waals surface area contributed by atoms with E-state index in [2.05, 4.69) is 0 Å². The first-order chi connectivity index (χ1) is 12.0. The number of para-hydroxylation sites is 1. The van der Waals surface area contributed by atoms with Gasteiger partial charge in [-0.05, 0) is 36.1 Å². The number of hydrogen-bond donors (Lipinski definition) is 3. The fourth-order valence-corrected chi connectivity index (χ4v) is 4.41. The molecule has 1 aliphatic heterocycles. The zero-order valence-electron chi connectivity index (χ0n) is 13.9. The third kappa shape index (κ3) is 2.34. The lowest BCUT2D eigenvalue weighted by atomic mass is 9.72. The van der Waals surface area contributed by atoms with Crippen LogP contribution in [0.3, 0.4) is 0 Å². The van der Waals surface area contributed by atoms with Crippen molar-refractivity contribution in [1.29, 1.82) is 0 Å². The highest BCUT2D eigenvalue weighted by atomic mass is 16.3. The Bertz CT molecular complexity index is 812. The van der Waals surface area contributed by atoms with E-state index in [1.807, 2.05) is 24.3 Å². The molecule has 2 aromatic rings. The van der Waals surface area contributed by atoms with E-state index in [9.17, 15) is 15.0 Å². The molecule has 5 nitrogen and oxygen atoms in total. The molecular weight excluding hydrogens is 316 g/mol. The van der Waals surface area contributed by atoms with Crippen LogP contribution in [0, 0.1) is 0 Å². The topological polar surface area (TPSA) is 86.8 Å². The number of phenolic OH excluding ortho intramolecular Hbond substituents is 1. The molecule has 0 unspecified atom stereocenters. The third-order valence-corrected chi connectivity index (χ3v) is 5.84. The zero-order chi connectivity index (χ0) is 17.6. The molecule has 0 aromatic heterocycles. The summed E-state index contributed by atoms with van der Waals surface area (Å²) in [6.45, 7) is 1.07. The van der Waals surface area contributed by atoms with Crippen molar-refractivity contribution in [3.8, 4) is 5.75 Å². The maximum absolute atomic E-state index is 12.7. The Morgan fingerprint density at radius 1 is 1.08 bits per heavy atom. The minimum Gasteiger partial charge on any atom is -0.507 e. The Labute approximate surface area is 146 Å². The minimum atomic E-state index is -0.632. The average molecular weight is 338 g/mol. The molecule has 1 fully saturated rings. The van der Waals surface area contributed by atoms with E-state index in [4.69, 9.17) is 5.73 Å². The monoisotopic (exact) mass is 338 g/mol. The molecular formula is C20H22N2O3. The van der Waals surface area contributed by atoms with E-state index in [1.165, 1.54) is 6.07 Å². The fourth-order valence-electron chi connectivity index (χ4n) is 4.41. The molecule has 0 saturated carbocycles. The smallest absolute Gasteiger partial charge is 0.257 e. The number of rotatable bonds is 1. The molecule has 1 heterocycles. The Hall–Kier alpha value is -2.37. The highest BCUT2D eigenvalue weighted by Crippen LogP contribution is 2.50. The maximum Gasteiger partial charge on any atom is 0.257 e. The highest BCUT2D eigenvalue weighted by molar-refractivity contribution is 5.96. The number of nitrogens with zero attached hydrogens (tertiary/aromatic N) is 1. The Morgan fingerprint density at radius 3 is 2.44 bits per heavy atom. The number of aliphatic hydroxyl groups excluding tert-OH is 1. The van der Waals surface area contributed by atoms with Crippen LogP contribution in [0.25, 0.3) is 0 Å². The molecule has 2 atom stereocenters. The van der Waals surface area contributed by atoms with Crippen LogP contribution in [0.5, 0.6) is 5.75 Å². The summed E-state index contributed by atoms with van der Waals surface area (Å²) in [5.74, 6) is -0.168. The lowest BCUT2D eigenvalue weighted by Crippen LogP contribution is -2.50. The van der Waals surface area contributed by atoms with Gasteiger partial charge in [-0.3, -0.25) is 4.79 Å². The van der Waals surface area contributed by atoms with Crippen LogP contribution in [-0.2, 0) is 5.41 Å². The number of likely N-dealkylation sites (tertiary alicyclic amines) is 1. The summed E-state index contributed by atoms with van der Waals surface area (Å²) in [5, 5.41) is 20.7. The van der Waals surface area contributed by atoms with Crippen molar-refractivity contribution in [2.24, 2.45) is 5.73 Å². The largest absolute Gasteiger partial charge is 0.507 e. The van der Waals surface area contributed by atoms with Crippen LogP contribution in [0.1, 0.15) is 40.4 Å². The van der Waals surface area contributed by atoms with Gasteiger partial charge in [0.2, 0.25) is 0 Å². The lowest BCUT2D eigenvalue weighted by molar-refractivity contribution is 0.0261. The predicted molar refractivity (Wildman–Crippen MR) is 94.3 cm³/mol. The van der Waals surface area contributed by atoms with Gasteiger partial charge in [0.1, 0.15) is 5.75 Å². The number of hydrogen-bond acceptors (Lipinski definition) is 4. The molecule has 2 aliphatic rings. The molecule has 0 radical (unpaired) electrons. The quantitative estimate of drug-likeness (QED) is 0.742. The second-order valence-corrected chi connectivity index (χ2v) is 7.02. The number of fused-ring (bicyclic) bond motifs is 2. The summed E-state index contributed by atoms with van der Waals surface area (Å²) in [4.78, 5) is 14.4. The Balaban J connectivity index is 1.58. The molecule has 130 valence electrons. The molecule has 1 aliphatic carbocycles. The lowest BCUT2D eigenvalue weighted by Gasteiger charge is -2.42. The fraction of sp³-hybridized carbons (Fsp3) is 0.350. The van der Waals surface area contributed by atoms with E-state index in [0.717, 1.165) is 11.1 Å². The summed E-state index contributed by atoms with van der Waals surface area (Å²) in [6.07, 6.45) is 0.698. The van der Waals surface area contributed by atoms with Crippen LogP contribution >= 0.6 is 0 Å². The van der Waals surface area contributed by atoms with Crippen molar-refractivity contribution in [3.63, 3.8) is 0 Å². The molecule has 4 rings (SSSR count). The van der Waals surface area contributed by atoms with Gasteiger partial charge in [-0.15, -0.1) is 0 Å². The third-order valence-electron chi connectivity index (χ3n) is 5.84. The molecule has 25 heavy (non-hydrogen) atoms. The number of aromatic hydroxyl groups is 1. The standard InChI is InChI=1S/C20H22N2O3/c21-17-13-5-1-3-7-15(13)20(18(17)24)9-11-22(12-10-20)19(25)14-6-2-4-8-16(14)23/h1-8,17-18,23-24H,9-12,21H2/t17-,18+/m1/s1. The van der Waals surface area contributed by atoms with E-state index < -0.39 is 6.10 Å². The average Bonchev–Trinajstić information content (AvgIpc) is 2.85. The van der Waals surface area contributed by atoms with Crippen LogP contribution in [0.2, 0.25) is 0 Å². The van der Waals surface area contributed by atoms with Gasteiger partial charge in [0.25, 0.3) is 5.91 Å². The second-order valence-electron chi connectivity index (χ2n) is 7.02. The molecule has 1 saturated heterocycles. The Kier molecular flexibility index (Phi) is 3.78. The number of carbonyl (C=O) groups excluding carboxylic acids is 1.